The molecule has 3 aromatic rings. The summed E-state index contributed by atoms with van der Waals surface area (Å²) in [6.45, 7) is 1.01. The van der Waals surface area contributed by atoms with Crippen molar-refractivity contribution in [1.29, 1.82) is 0 Å². The fourth-order valence-corrected chi connectivity index (χ4v) is 3.66. The highest BCUT2D eigenvalue weighted by Crippen LogP contribution is 2.37. The summed E-state index contributed by atoms with van der Waals surface area (Å²) >= 11 is 0. The number of carboxylic acids is 1. The van der Waals surface area contributed by atoms with Gasteiger partial charge in [0, 0.05) is 18.7 Å². The Morgan fingerprint density at radius 3 is 2.62 bits per heavy atom. The third-order valence-electron chi connectivity index (χ3n) is 5.19. The van der Waals surface area contributed by atoms with Gasteiger partial charge in [-0.1, -0.05) is 24.3 Å². The minimum atomic E-state index is -4.73. The number of benzene rings is 2. The van der Waals surface area contributed by atoms with Gasteiger partial charge >= 0.3 is 12.3 Å². The Balaban J connectivity index is 1.50. The predicted octanol–water partition coefficient (Wildman–Crippen LogP) is 5.32. The van der Waals surface area contributed by atoms with Crippen LogP contribution in [0, 0.1) is 0 Å². The van der Waals surface area contributed by atoms with Gasteiger partial charge in [0.05, 0.1) is 24.1 Å². The van der Waals surface area contributed by atoms with Gasteiger partial charge in [-0.25, -0.2) is 4.79 Å². The van der Waals surface area contributed by atoms with Crippen molar-refractivity contribution >= 4 is 11.7 Å². The van der Waals surface area contributed by atoms with Crippen molar-refractivity contribution < 1.29 is 32.5 Å². The van der Waals surface area contributed by atoms with Crippen molar-refractivity contribution in [2.45, 2.75) is 18.7 Å². The van der Waals surface area contributed by atoms with Gasteiger partial charge in [0.25, 0.3) is 0 Å². The molecule has 32 heavy (non-hydrogen) atoms. The van der Waals surface area contributed by atoms with Crippen LogP contribution in [-0.4, -0.2) is 35.6 Å². The molecule has 6 nitrogen and oxygen atoms in total. The molecule has 9 heteroatoms. The molecule has 1 aliphatic rings. The maximum absolute atomic E-state index is 12.3. The largest absolute Gasteiger partial charge is 0.573 e. The first-order chi connectivity index (χ1) is 15.3. The zero-order valence-electron chi connectivity index (χ0n) is 16.7. The Morgan fingerprint density at radius 1 is 1.16 bits per heavy atom. The van der Waals surface area contributed by atoms with Crippen molar-refractivity contribution in [3.8, 4) is 22.6 Å². The monoisotopic (exact) mass is 444 g/mol. The first-order valence-corrected chi connectivity index (χ1v) is 9.84. The molecule has 0 unspecified atom stereocenters. The van der Waals surface area contributed by atoms with Crippen LogP contribution in [0.25, 0.3) is 11.1 Å². The van der Waals surface area contributed by atoms with Crippen LogP contribution in [-0.2, 0) is 0 Å². The fraction of sp³-hybridized carbons (Fsp3) is 0.217. The number of alkyl halides is 3. The van der Waals surface area contributed by atoms with E-state index < -0.39 is 12.3 Å². The Hall–Kier alpha value is -3.75. The number of hydrogen-bond donors (Lipinski definition) is 2. The van der Waals surface area contributed by atoms with Crippen LogP contribution in [0.4, 0.5) is 18.9 Å². The zero-order chi connectivity index (χ0) is 22.7. The standard InChI is InChI=1S/C23H19F3N2O4/c24-23(25,26)32-17-4-1-14(2-5-17)15-3-6-18-16(8-10-31-21(18)11-15)12-28-20-13-27-9-7-19(20)22(29)30/h1-7,9,11,13,16,28H,8,10,12H2,(H,29,30)/t16-/m1/s1. The average Bonchev–Trinajstić information content (AvgIpc) is 2.77. The van der Waals surface area contributed by atoms with E-state index >= 15 is 0 Å². The number of nitrogens with one attached hydrogen (secondary N) is 1. The minimum absolute atomic E-state index is 0.0946. The van der Waals surface area contributed by atoms with E-state index in [0.717, 1.165) is 23.1 Å². The lowest BCUT2D eigenvalue weighted by Gasteiger charge is -2.27. The number of pyridine rings is 1. The summed E-state index contributed by atoms with van der Waals surface area (Å²) in [7, 11) is 0. The van der Waals surface area contributed by atoms with Gasteiger partial charge < -0.3 is 19.9 Å². The first kappa shape index (κ1) is 21.5. The van der Waals surface area contributed by atoms with Gasteiger partial charge in [0.15, 0.2) is 0 Å². The molecule has 166 valence electrons. The van der Waals surface area contributed by atoms with Crippen molar-refractivity contribution in [2.75, 3.05) is 18.5 Å². The lowest BCUT2D eigenvalue weighted by Crippen LogP contribution is -2.21. The first-order valence-electron chi connectivity index (χ1n) is 9.84. The van der Waals surface area contributed by atoms with E-state index in [4.69, 9.17) is 4.74 Å². The second-order valence-electron chi connectivity index (χ2n) is 7.27. The Kier molecular flexibility index (Phi) is 5.89. The molecule has 4 rings (SSSR count). The lowest BCUT2D eigenvalue weighted by molar-refractivity contribution is -0.274. The van der Waals surface area contributed by atoms with Crippen LogP contribution in [0.1, 0.15) is 28.3 Å². The summed E-state index contributed by atoms with van der Waals surface area (Å²) in [6, 6.07) is 12.8. The van der Waals surface area contributed by atoms with E-state index in [-0.39, 0.29) is 17.2 Å². The quantitative estimate of drug-likeness (QED) is 0.535. The average molecular weight is 444 g/mol. The molecule has 0 amide bonds. The van der Waals surface area contributed by atoms with Crippen LogP contribution in [0.2, 0.25) is 0 Å². The summed E-state index contributed by atoms with van der Waals surface area (Å²) in [5, 5.41) is 12.5. The third-order valence-corrected chi connectivity index (χ3v) is 5.19. The number of ether oxygens (including phenoxy) is 2. The molecule has 0 saturated carbocycles. The van der Waals surface area contributed by atoms with E-state index in [9.17, 15) is 23.1 Å². The summed E-state index contributed by atoms with van der Waals surface area (Å²) in [5.74, 6) is -0.519. The van der Waals surface area contributed by atoms with E-state index in [1.54, 1.807) is 12.1 Å². The molecule has 0 fully saturated rings. The molecular formula is C23H19F3N2O4. The zero-order valence-corrected chi connectivity index (χ0v) is 16.7. The number of fused-ring (bicyclic) bond motifs is 1. The van der Waals surface area contributed by atoms with Gasteiger partial charge in [-0.15, -0.1) is 13.2 Å². The maximum Gasteiger partial charge on any atom is 0.573 e. The number of halogens is 3. The predicted molar refractivity (Wildman–Crippen MR) is 111 cm³/mol. The van der Waals surface area contributed by atoms with Gasteiger partial charge in [-0.05, 0) is 47.4 Å². The van der Waals surface area contributed by atoms with Crippen molar-refractivity contribution in [3.63, 3.8) is 0 Å². The molecule has 1 aliphatic heterocycles. The molecule has 0 saturated heterocycles. The van der Waals surface area contributed by atoms with Crippen molar-refractivity contribution in [2.24, 2.45) is 0 Å². The number of carbonyl (C=O) groups is 1. The second kappa shape index (κ2) is 8.78. The highest BCUT2D eigenvalue weighted by molar-refractivity contribution is 5.93. The summed E-state index contributed by atoms with van der Waals surface area (Å²) in [4.78, 5) is 15.4. The van der Waals surface area contributed by atoms with E-state index in [0.29, 0.717) is 24.6 Å². The Morgan fingerprint density at radius 2 is 1.91 bits per heavy atom. The van der Waals surface area contributed by atoms with Crippen LogP contribution in [0.3, 0.4) is 0 Å². The maximum atomic E-state index is 12.3. The molecule has 2 heterocycles. The van der Waals surface area contributed by atoms with Crippen LogP contribution < -0.4 is 14.8 Å². The minimum Gasteiger partial charge on any atom is -0.493 e. The number of nitrogens with zero attached hydrogens (tertiary/aromatic N) is 1. The highest BCUT2D eigenvalue weighted by Gasteiger charge is 2.31. The molecular weight excluding hydrogens is 425 g/mol. The molecule has 0 spiro atoms. The highest BCUT2D eigenvalue weighted by atomic mass is 19.4. The Bertz CT molecular complexity index is 1120. The van der Waals surface area contributed by atoms with Gasteiger partial charge in [0.2, 0.25) is 0 Å². The fourth-order valence-electron chi connectivity index (χ4n) is 3.66. The van der Waals surface area contributed by atoms with Gasteiger partial charge in [0.1, 0.15) is 11.5 Å². The SMILES string of the molecule is O=C(O)c1ccncc1NC[C@H]1CCOc2cc(-c3ccc(OC(F)(F)F)cc3)ccc21. The number of aromatic carboxylic acids is 1. The number of aromatic nitrogens is 1. The topological polar surface area (TPSA) is 80.7 Å². The van der Waals surface area contributed by atoms with Gasteiger partial charge in [-0.2, -0.15) is 0 Å². The van der Waals surface area contributed by atoms with Crippen LogP contribution in [0.15, 0.2) is 60.9 Å². The molecule has 1 aromatic heterocycles. The summed E-state index contributed by atoms with van der Waals surface area (Å²) in [5.41, 5.74) is 3.11. The molecule has 0 radical (unpaired) electrons. The smallest absolute Gasteiger partial charge is 0.493 e. The van der Waals surface area contributed by atoms with E-state index in [1.165, 1.54) is 30.6 Å². The second-order valence-corrected chi connectivity index (χ2v) is 7.27. The number of rotatable bonds is 6. The van der Waals surface area contributed by atoms with Crippen LogP contribution in [0.5, 0.6) is 11.5 Å². The third kappa shape index (κ3) is 4.93. The number of carboxylic acid groups (broad SMARTS) is 1. The normalized spacial score (nSPS) is 15.4. The van der Waals surface area contributed by atoms with E-state index in [2.05, 4.69) is 15.0 Å². The molecule has 0 aliphatic carbocycles. The molecule has 2 N–H and O–H groups in total. The number of hydrogen-bond acceptors (Lipinski definition) is 5. The van der Waals surface area contributed by atoms with Crippen molar-refractivity contribution in [1.82, 2.24) is 4.98 Å². The molecule has 2 aromatic carbocycles. The summed E-state index contributed by atoms with van der Waals surface area (Å²) in [6.07, 6.45) is -1.06. The van der Waals surface area contributed by atoms with Gasteiger partial charge in [-0.3, -0.25) is 4.98 Å². The summed E-state index contributed by atoms with van der Waals surface area (Å²) < 4.78 is 46.8. The lowest BCUT2D eigenvalue weighted by atomic mass is 9.91. The Labute approximate surface area is 181 Å². The number of anilines is 1. The van der Waals surface area contributed by atoms with Crippen molar-refractivity contribution in [3.05, 3.63) is 72.1 Å². The molecule has 1 atom stereocenters. The molecule has 0 bridgehead atoms. The van der Waals surface area contributed by atoms with Crippen LogP contribution >= 0.6 is 0 Å². The van der Waals surface area contributed by atoms with E-state index in [1.807, 2.05) is 18.2 Å².